The molecule has 1 spiro atoms. The van der Waals surface area contributed by atoms with E-state index in [4.69, 9.17) is 30.8 Å². The highest BCUT2D eigenvalue weighted by Gasteiger charge is 2.42. The number of carbonyl (C=O) groups excluding carboxylic acids is 1. The zero-order chi connectivity index (χ0) is 45.4. The molecule has 5 aliphatic rings. The van der Waals surface area contributed by atoms with Crippen LogP contribution in [0, 0.1) is 21.4 Å². The van der Waals surface area contributed by atoms with Crippen molar-refractivity contribution < 1.29 is 32.3 Å². The molecule has 346 valence electrons. The first-order valence-electron chi connectivity index (χ1n) is 22.7. The van der Waals surface area contributed by atoms with Crippen LogP contribution in [0.25, 0.3) is 16.6 Å². The number of amides is 1. The summed E-state index contributed by atoms with van der Waals surface area (Å²) in [6, 6.07) is 21.2. The molecule has 0 radical (unpaired) electrons. The predicted molar refractivity (Wildman–Crippen MR) is 254 cm³/mol. The van der Waals surface area contributed by atoms with E-state index in [1.165, 1.54) is 28.8 Å². The Bertz CT molecular complexity index is 2780. The normalized spacial score (nSPS) is 19.2. The Morgan fingerprint density at radius 3 is 2.50 bits per heavy atom. The number of piperazine rings is 1. The number of hydrogen-bond acceptors (Lipinski definition) is 13. The molecule has 3 saturated heterocycles. The maximum atomic E-state index is 14.4. The second kappa shape index (κ2) is 18.5. The third kappa shape index (κ3) is 9.19. The summed E-state index contributed by atoms with van der Waals surface area (Å²) < 4.78 is 47.4. The Hall–Kier alpha value is -5.72. The number of carbonyl (C=O) groups is 1. The average molecular weight is 938 g/mol. The first-order chi connectivity index (χ1) is 32.0. The number of halogens is 1. The number of H-pyrrole nitrogens is 1. The summed E-state index contributed by atoms with van der Waals surface area (Å²) in [4.78, 5) is 40.3. The number of nitrogens with zero attached hydrogens (tertiary/aromatic N) is 5. The van der Waals surface area contributed by atoms with Crippen molar-refractivity contribution in [2.75, 3.05) is 94.0 Å². The molecule has 2 aromatic heterocycles. The first-order valence-corrected chi connectivity index (χ1v) is 24.6. The Morgan fingerprint density at radius 2 is 1.74 bits per heavy atom. The molecule has 0 atom stereocenters. The van der Waals surface area contributed by atoms with E-state index in [2.05, 4.69) is 37.0 Å². The van der Waals surface area contributed by atoms with E-state index in [-0.39, 0.29) is 22.6 Å². The fourth-order valence-corrected chi connectivity index (χ4v) is 11.0. The van der Waals surface area contributed by atoms with E-state index in [0.717, 1.165) is 100 Å². The van der Waals surface area contributed by atoms with E-state index in [9.17, 15) is 23.3 Å². The molecule has 4 aliphatic heterocycles. The number of nitro groups is 1. The van der Waals surface area contributed by atoms with Gasteiger partial charge in [-0.2, -0.15) is 4.98 Å². The van der Waals surface area contributed by atoms with Gasteiger partial charge in [-0.05, 0) is 110 Å². The zero-order valence-corrected chi connectivity index (χ0v) is 38.2. The molecule has 6 heterocycles. The number of rotatable bonds is 12. The molecule has 5 aromatic rings. The second-order valence-corrected chi connectivity index (χ2v) is 20.2. The van der Waals surface area contributed by atoms with Crippen molar-refractivity contribution in [2.45, 2.75) is 43.4 Å². The fourth-order valence-electron chi connectivity index (χ4n) is 9.93. The van der Waals surface area contributed by atoms with Gasteiger partial charge in [0.25, 0.3) is 21.6 Å². The Kier molecular flexibility index (Phi) is 12.4. The van der Waals surface area contributed by atoms with Gasteiger partial charge in [0.15, 0.2) is 0 Å². The lowest BCUT2D eigenvalue weighted by Crippen LogP contribution is -2.48. The Labute approximate surface area is 388 Å². The average Bonchev–Trinajstić information content (AvgIpc) is 3.68. The Balaban J connectivity index is 0.916. The molecule has 0 unspecified atom stereocenters. The number of anilines is 4. The van der Waals surface area contributed by atoms with Crippen LogP contribution in [-0.4, -0.2) is 113 Å². The monoisotopic (exact) mass is 936 g/mol. The van der Waals surface area contributed by atoms with Crippen LogP contribution in [0.5, 0.6) is 5.88 Å². The summed E-state index contributed by atoms with van der Waals surface area (Å²) in [6.45, 7) is 8.23. The molecular weight excluding hydrogens is 884 g/mol. The summed E-state index contributed by atoms with van der Waals surface area (Å²) in [5.74, 6) is -0.210. The van der Waals surface area contributed by atoms with E-state index in [1.807, 2.05) is 41.3 Å². The lowest BCUT2D eigenvalue weighted by Gasteiger charge is -2.46. The number of benzene rings is 3. The van der Waals surface area contributed by atoms with E-state index >= 15 is 0 Å². The van der Waals surface area contributed by atoms with E-state index in [1.54, 1.807) is 12.3 Å². The van der Waals surface area contributed by atoms with Crippen LogP contribution in [0.2, 0.25) is 5.02 Å². The number of aromatic nitrogens is 2. The summed E-state index contributed by atoms with van der Waals surface area (Å²) in [6.07, 6.45) is 7.22. The SMILES string of the molecule is O=C(NS(=O)(=O)c1ccc(NCC2CCOCC2)c([N+](=O)[O-])c1)c1ccc(N2CCN(CC3=C(c4ccc(Cl)cc4)CC4(CC3)COC4)CC2)cc1N1CCCOc2nc3[nH]ccc3cc21. The van der Waals surface area contributed by atoms with Gasteiger partial charge in [-0.1, -0.05) is 29.3 Å². The molecule has 3 fully saturated rings. The van der Waals surface area contributed by atoms with E-state index < -0.39 is 31.4 Å². The fraction of sp³-hybridized carbons (Fsp3) is 0.417. The molecule has 0 bridgehead atoms. The van der Waals surface area contributed by atoms with Crippen LogP contribution in [0.4, 0.5) is 28.4 Å². The molecule has 3 aromatic carbocycles. The van der Waals surface area contributed by atoms with Gasteiger partial charge >= 0.3 is 0 Å². The lowest BCUT2D eigenvalue weighted by atomic mass is 9.69. The van der Waals surface area contributed by atoms with Gasteiger partial charge in [0.05, 0.1) is 40.9 Å². The molecule has 1 amide bonds. The maximum absolute atomic E-state index is 14.4. The highest BCUT2D eigenvalue weighted by atomic mass is 35.5. The van der Waals surface area contributed by atoms with Crippen molar-refractivity contribution in [1.82, 2.24) is 19.6 Å². The van der Waals surface area contributed by atoms with Gasteiger partial charge in [-0.15, -0.1) is 0 Å². The largest absolute Gasteiger partial charge is 0.476 e. The number of hydrogen-bond donors (Lipinski definition) is 3. The van der Waals surface area contributed by atoms with Crippen molar-refractivity contribution in [3.8, 4) is 5.88 Å². The minimum absolute atomic E-state index is 0.112. The summed E-state index contributed by atoms with van der Waals surface area (Å²) >= 11 is 6.29. The predicted octanol–water partition coefficient (Wildman–Crippen LogP) is 7.78. The number of nitro benzene ring substituents is 1. The van der Waals surface area contributed by atoms with Crippen LogP contribution in [0.15, 0.2) is 89.5 Å². The molecule has 66 heavy (non-hydrogen) atoms. The number of ether oxygens (including phenoxy) is 3. The van der Waals surface area contributed by atoms with Gasteiger partial charge in [0.1, 0.15) is 17.0 Å². The molecule has 16 nitrogen and oxygen atoms in total. The van der Waals surface area contributed by atoms with Crippen molar-refractivity contribution in [1.29, 1.82) is 0 Å². The van der Waals surface area contributed by atoms with Gasteiger partial charge in [0, 0.05) is 92.8 Å². The lowest BCUT2D eigenvalue weighted by molar-refractivity contribution is -0.384. The third-order valence-electron chi connectivity index (χ3n) is 13.8. The third-order valence-corrected chi connectivity index (χ3v) is 15.4. The minimum atomic E-state index is -4.57. The van der Waals surface area contributed by atoms with Crippen molar-refractivity contribution in [3.05, 3.63) is 111 Å². The summed E-state index contributed by atoms with van der Waals surface area (Å²) in [7, 11) is -4.57. The topological polar surface area (TPSA) is 185 Å². The number of aromatic amines is 1. The Morgan fingerprint density at radius 1 is 0.939 bits per heavy atom. The molecular formula is C48H53ClN8O8S. The second-order valence-electron chi connectivity index (χ2n) is 18.1. The van der Waals surface area contributed by atoms with Crippen LogP contribution in [-0.2, 0) is 19.5 Å². The van der Waals surface area contributed by atoms with Crippen LogP contribution >= 0.6 is 11.6 Å². The van der Waals surface area contributed by atoms with Crippen LogP contribution < -0.4 is 24.6 Å². The molecule has 10 rings (SSSR count). The van der Waals surface area contributed by atoms with Gasteiger partial charge < -0.3 is 34.3 Å². The molecule has 18 heteroatoms. The number of nitrogens with one attached hydrogen (secondary N) is 3. The first kappa shape index (κ1) is 44.1. The highest BCUT2D eigenvalue weighted by molar-refractivity contribution is 7.90. The standard InChI is InChI=1S/C48H53ClN8O8S/c49-36-4-2-33(3-5-36)40-27-48(30-64-31-48)14-10-35(40)29-54-17-19-55(20-18-54)37-6-8-39(42(25-37)56-16-1-21-65-47-44(56)24-34-11-15-50-45(34)52-47)46(58)53-66(61,62)38-7-9-41(43(26-38)57(59)60)51-28-32-12-22-63-23-13-32/h2-9,11,15,24-26,32,51H,1,10,12-14,16-23,27-31H2,(H,50,52)(H,53,58). The summed E-state index contributed by atoms with van der Waals surface area (Å²) in [5.41, 5.74) is 6.91. The smallest absolute Gasteiger partial charge is 0.293 e. The number of allylic oxidation sites excluding steroid dienone is 1. The van der Waals surface area contributed by atoms with Crippen molar-refractivity contribution >= 4 is 72.6 Å². The van der Waals surface area contributed by atoms with Crippen LogP contribution in [0.3, 0.4) is 0 Å². The minimum Gasteiger partial charge on any atom is -0.476 e. The highest BCUT2D eigenvalue weighted by Crippen LogP contribution is 2.48. The van der Waals surface area contributed by atoms with Gasteiger partial charge in [-0.3, -0.25) is 19.8 Å². The van der Waals surface area contributed by atoms with E-state index in [0.29, 0.717) is 62.2 Å². The molecule has 3 N–H and O–H groups in total. The van der Waals surface area contributed by atoms with Gasteiger partial charge in [-0.25, -0.2) is 13.1 Å². The van der Waals surface area contributed by atoms with Gasteiger partial charge in [0.2, 0.25) is 5.88 Å². The van der Waals surface area contributed by atoms with Crippen LogP contribution in [0.1, 0.15) is 54.4 Å². The van der Waals surface area contributed by atoms with Crippen molar-refractivity contribution in [3.63, 3.8) is 0 Å². The maximum Gasteiger partial charge on any atom is 0.293 e. The number of pyridine rings is 1. The quantitative estimate of drug-likeness (QED) is 0.0815. The molecule has 1 aliphatic carbocycles. The molecule has 0 saturated carbocycles. The number of sulfonamides is 1. The van der Waals surface area contributed by atoms with Crippen molar-refractivity contribution in [2.24, 2.45) is 11.3 Å². The number of fused-ring (bicyclic) bond motifs is 2. The summed E-state index contributed by atoms with van der Waals surface area (Å²) in [5, 5.41) is 16.9. The zero-order valence-electron chi connectivity index (χ0n) is 36.6.